The summed E-state index contributed by atoms with van der Waals surface area (Å²) in [5, 5.41) is 0. The van der Waals surface area contributed by atoms with Gasteiger partial charge in [-0.1, -0.05) is 11.6 Å². The van der Waals surface area contributed by atoms with E-state index in [9.17, 15) is 0 Å². The van der Waals surface area contributed by atoms with Crippen LogP contribution in [0.25, 0.3) is 0 Å². The molecule has 2 rings (SSSR count). The average molecular weight is 393 g/mol. The molecule has 1 aliphatic heterocycles. The molecule has 0 aromatic carbocycles. The molecule has 1 heterocycles. The molecule has 0 amide bonds. The SMILES string of the molecule is COC1=CCC=C(OC)C1(CC=C(C)C)C[C@@H]1O[C@@]1(C)CCCC(C)(C)OC. The standard InChI is InChI=1S/C24H40O4/c1-18(2)13-16-24(19(25-6)11-9-12-20(24)26-7)17-21-23(5,28-21)15-10-14-22(3,4)27-8/h11-13,21H,9-10,14-17H2,1-8H3/t21-,23-/m0/s1. The Balaban J connectivity index is 2.14. The highest BCUT2D eigenvalue weighted by Crippen LogP contribution is 2.54. The Kier molecular flexibility index (Phi) is 7.44. The maximum absolute atomic E-state index is 6.25. The van der Waals surface area contributed by atoms with E-state index in [-0.39, 0.29) is 22.7 Å². The number of ether oxygens (including phenoxy) is 4. The lowest BCUT2D eigenvalue weighted by molar-refractivity contribution is 0.0124. The lowest BCUT2D eigenvalue weighted by Gasteiger charge is -2.37. The minimum atomic E-state index is -0.284. The normalized spacial score (nSPS) is 26.2. The van der Waals surface area contributed by atoms with E-state index >= 15 is 0 Å². The van der Waals surface area contributed by atoms with Gasteiger partial charge < -0.3 is 18.9 Å². The second-order valence-electron chi connectivity index (χ2n) is 9.29. The first-order valence-corrected chi connectivity index (χ1v) is 10.5. The van der Waals surface area contributed by atoms with Gasteiger partial charge in [-0.25, -0.2) is 0 Å². The lowest BCUT2D eigenvalue weighted by Crippen LogP contribution is -2.33. The maximum Gasteiger partial charge on any atom is 0.106 e. The van der Waals surface area contributed by atoms with Gasteiger partial charge in [-0.3, -0.25) is 0 Å². The molecule has 28 heavy (non-hydrogen) atoms. The molecular weight excluding hydrogens is 352 g/mol. The summed E-state index contributed by atoms with van der Waals surface area (Å²) in [7, 11) is 5.31. The van der Waals surface area contributed by atoms with Crippen LogP contribution in [0.2, 0.25) is 0 Å². The number of hydrogen-bond donors (Lipinski definition) is 0. The second-order valence-corrected chi connectivity index (χ2v) is 9.29. The molecule has 2 atom stereocenters. The summed E-state index contributed by atoms with van der Waals surface area (Å²) < 4.78 is 23.5. The van der Waals surface area contributed by atoms with Gasteiger partial charge in [0.05, 0.1) is 36.9 Å². The third-order valence-corrected chi connectivity index (χ3v) is 6.42. The highest BCUT2D eigenvalue weighted by atomic mass is 16.6. The molecule has 160 valence electrons. The molecular formula is C24H40O4. The summed E-state index contributed by atoms with van der Waals surface area (Å²) >= 11 is 0. The Morgan fingerprint density at radius 1 is 1.18 bits per heavy atom. The van der Waals surface area contributed by atoms with Crippen molar-refractivity contribution < 1.29 is 18.9 Å². The number of rotatable bonds is 11. The van der Waals surface area contributed by atoms with Crippen molar-refractivity contribution >= 4 is 0 Å². The number of hydrogen-bond acceptors (Lipinski definition) is 4. The topological polar surface area (TPSA) is 40.2 Å². The number of methoxy groups -OCH3 is 3. The molecule has 0 unspecified atom stereocenters. The molecule has 0 spiro atoms. The van der Waals surface area contributed by atoms with E-state index in [4.69, 9.17) is 18.9 Å². The molecule has 1 aliphatic carbocycles. The van der Waals surface area contributed by atoms with Gasteiger partial charge in [0, 0.05) is 7.11 Å². The van der Waals surface area contributed by atoms with Gasteiger partial charge in [0.1, 0.15) is 11.5 Å². The zero-order valence-corrected chi connectivity index (χ0v) is 19.2. The third-order valence-electron chi connectivity index (χ3n) is 6.42. The minimum absolute atomic E-state index is 0.0725. The quantitative estimate of drug-likeness (QED) is 0.322. The molecule has 4 nitrogen and oxygen atoms in total. The van der Waals surface area contributed by atoms with E-state index in [2.05, 4.69) is 52.8 Å². The Bertz CT molecular complexity index is 605. The Labute approximate surface area is 172 Å². The Morgan fingerprint density at radius 3 is 2.29 bits per heavy atom. The molecule has 0 radical (unpaired) electrons. The summed E-state index contributed by atoms with van der Waals surface area (Å²) in [6, 6.07) is 0. The number of allylic oxidation sites excluding steroid dienone is 4. The van der Waals surface area contributed by atoms with E-state index in [1.54, 1.807) is 21.3 Å². The molecule has 1 fully saturated rings. The van der Waals surface area contributed by atoms with Crippen molar-refractivity contribution in [3.05, 3.63) is 35.3 Å². The zero-order chi connectivity index (χ0) is 21.0. The lowest BCUT2D eigenvalue weighted by atomic mass is 9.71. The fraction of sp³-hybridized carbons (Fsp3) is 0.750. The van der Waals surface area contributed by atoms with Gasteiger partial charge in [0.15, 0.2) is 0 Å². The maximum atomic E-state index is 6.25. The molecule has 4 heteroatoms. The summed E-state index contributed by atoms with van der Waals surface area (Å²) in [6.07, 6.45) is 12.6. The van der Waals surface area contributed by atoms with E-state index in [1.165, 1.54) is 5.57 Å². The summed E-state index contributed by atoms with van der Waals surface area (Å²) in [6.45, 7) is 10.8. The monoisotopic (exact) mass is 392 g/mol. The number of epoxide rings is 1. The van der Waals surface area contributed by atoms with Crippen molar-refractivity contribution in [2.75, 3.05) is 21.3 Å². The van der Waals surface area contributed by atoms with Crippen molar-refractivity contribution in [2.24, 2.45) is 5.41 Å². The van der Waals surface area contributed by atoms with Crippen molar-refractivity contribution in [3.63, 3.8) is 0 Å². The summed E-state index contributed by atoms with van der Waals surface area (Å²) in [5.74, 6) is 2.01. The summed E-state index contributed by atoms with van der Waals surface area (Å²) in [4.78, 5) is 0. The predicted molar refractivity (Wildman–Crippen MR) is 114 cm³/mol. The van der Waals surface area contributed by atoms with Crippen LogP contribution in [0.15, 0.2) is 35.3 Å². The highest BCUT2D eigenvalue weighted by Gasteiger charge is 2.57. The second kappa shape index (κ2) is 9.04. The van der Waals surface area contributed by atoms with Crippen molar-refractivity contribution in [1.82, 2.24) is 0 Å². The first-order chi connectivity index (χ1) is 13.1. The fourth-order valence-electron chi connectivity index (χ4n) is 4.26. The van der Waals surface area contributed by atoms with E-state index in [1.807, 2.05) is 0 Å². The Hall–Kier alpha value is -1.26. The van der Waals surface area contributed by atoms with Crippen LogP contribution < -0.4 is 0 Å². The van der Waals surface area contributed by atoms with Crippen LogP contribution in [0, 0.1) is 5.41 Å². The zero-order valence-electron chi connectivity index (χ0n) is 19.2. The molecule has 0 aromatic heterocycles. The van der Waals surface area contributed by atoms with E-state index in [0.717, 1.165) is 50.0 Å². The van der Waals surface area contributed by atoms with Crippen LogP contribution in [-0.4, -0.2) is 38.6 Å². The minimum Gasteiger partial charge on any atom is -0.500 e. The molecule has 0 N–H and O–H groups in total. The van der Waals surface area contributed by atoms with E-state index < -0.39 is 0 Å². The van der Waals surface area contributed by atoms with Crippen LogP contribution in [0.3, 0.4) is 0 Å². The van der Waals surface area contributed by atoms with E-state index in [0.29, 0.717) is 0 Å². The van der Waals surface area contributed by atoms with Crippen molar-refractivity contribution in [2.45, 2.75) is 90.4 Å². The predicted octanol–water partition coefficient (Wildman–Crippen LogP) is 5.94. The largest absolute Gasteiger partial charge is 0.500 e. The molecule has 1 saturated heterocycles. The van der Waals surface area contributed by atoms with Crippen LogP contribution >= 0.6 is 0 Å². The van der Waals surface area contributed by atoms with Crippen LogP contribution in [0.4, 0.5) is 0 Å². The van der Waals surface area contributed by atoms with Crippen molar-refractivity contribution in [3.8, 4) is 0 Å². The molecule has 0 aromatic rings. The summed E-state index contributed by atoms with van der Waals surface area (Å²) in [5.41, 5.74) is 0.869. The highest BCUT2D eigenvalue weighted by molar-refractivity contribution is 5.31. The first kappa shape index (κ1) is 23.0. The average Bonchev–Trinajstić information content (AvgIpc) is 3.28. The van der Waals surface area contributed by atoms with Gasteiger partial charge in [0.25, 0.3) is 0 Å². The van der Waals surface area contributed by atoms with Gasteiger partial charge in [-0.05, 0) is 85.3 Å². The third kappa shape index (κ3) is 5.21. The van der Waals surface area contributed by atoms with Crippen LogP contribution in [0.1, 0.15) is 73.1 Å². The first-order valence-electron chi connectivity index (χ1n) is 10.5. The fourth-order valence-corrected chi connectivity index (χ4v) is 4.26. The molecule has 2 aliphatic rings. The van der Waals surface area contributed by atoms with Crippen molar-refractivity contribution in [1.29, 1.82) is 0 Å². The molecule has 0 saturated carbocycles. The smallest absolute Gasteiger partial charge is 0.106 e. The van der Waals surface area contributed by atoms with Gasteiger partial charge in [-0.15, -0.1) is 0 Å². The molecule has 0 bridgehead atoms. The Morgan fingerprint density at radius 2 is 1.79 bits per heavy atom. The van der Waals surface area contributed by atoms with Gasteiger partial charge in [0.2, 0.25) is 0 Å². The van der Waals surface area contributed by atoms with Gasteiger partial charge >= 0.3 is 0 Å². The van der Waals surface area contributed by atoms with Crippen LogP contribution in [-0.2, 0) is 18.9 Å². The van der Waals surface area contributed by atoms with Gasteiger partial charge in [-0.2, -0.15) is 0 Å². The van der Waals surface area contributed by atoms with Crippen LogP contribution in [0.5, 0.6) is 0 Å².